The number of thiazole rings is 1. The van der Waals surface area contributed by atoms with E-state index < -0.39 is 5.97 Å². The Morgan fingerprint density at radius 3 is 2.83 bits per heavy atom. The van der Waals surface area contributed by atoms with Gasteiger partial charge in [0, 0.05) is 10.5 Å². The standard InChI is InChI=1S/C12H12N2O2S2/c1-16-12(15)9-10(13)18-11(14-9)7-5-3-4-6-8(7)17-2/h3-6H,13H2,1-2H3. The summed E-state index contributed by atoms with van der Waals surface area (Å²) in [5.74, 6) is -0.503. The average Bonchev–Trinajstić information content (AvgIpc) is 2.79. The lowest BCUT2D eigenvalue weighted by Gasteiger charge is -2.02. The third-order valence-corrected chi connectivity index (χ3v) is 4.08. The molecule has 0 amide bonds. The number of aromatic nitrogens is 1. The van der Waals surface area contributed by atoms with Crippen molar-refractivity contribution in [3.05, 3.63) is 30.0 Å². The zero-order valence-electron chi connectivity index (χ0n) is 9.97. The number of anilines is 1. The van der Waals surface area contributed by atoms with Crippen LogP contribution < -0.4 is 5.73 Å². The molecule has 0 unspecified atom stereocenters. The molecule has 0 aliphatic rings. The number of benzene rings is 1. The van der Waals surface area contributed by atoms with Crippen LogP contribution in [0.2, 0.25) is 0 Å². The zero-order chi connectivity index (χ0) is 13.1. The summed E-state index contributed by atoms with van der Waals surface area (Å²) >= 11 is 2.92. The monoisotopic (exact) mass is 280 g/mol. The largest absolute Gasteiger partial charge is 0.464 e. The van der Waals surface area contributed by atoms with Crippen molar-refractivity contribution in [3.8, 4) is 10.6 Å². The number of ether oxygens (including phenoxy) is 1. The Kier molecular flexibility index (Phi) is 3.88. The normalized spacial score (nSPS) is 10.3. The Morgan fingerprint density at radius 2 is 2.17 bits per heavy atom. The summed E-state index contributed by atoms with van der Waals surface area (Å²) in [7, 11) is 1.32. The van der Waals surface area contributed by atoms with E-state index >= 15 is 0 Å². The molecule has 94 valence electrons. The molecule has 2 rings (SSSR count). The van der Waals surface area contributed by atoms with Gasteiger partial charge in [-0.3, -0.25) is 0 Å². The molecule has 2 N–H and O–H groups in total. The number of nitrogens with two attached hydrogens (primary N) is 1. The first-order valence-corrected chi connectivity index (χ1v) is 7.19. The quantitative estimate of drug-likeness (QED) is 0.691. The average molecular weight is 280 g/mol. The molecule has 0 saturated carbocycles. The predicted molar refractivity (Wildman–Crippen MR) is 75.1 cm³/mol. The minimum Gasteiger partial charge on any atom is -0.464 e. The first kappa shape index (κ1) is 12.9. The summed E-state index contributed by atoms with van der Waals surface area (Å²) in [6, 6.07) is 7.87. The molecule has 0 radical (unpaired) electrons. The van der Waals surface area contributed by atoms with E-state index in [2.05, 4.69) is 9.72 Å². The molecule has 6 heteroatoms. The molecule has 1 aromatic carbocycles. The number of esters is 1. The number of carbonyl (C=O) groups excluding carboxylic acids is 1. The van der Waals surface area contributed by atoms with Gasteiger partial charge >= 0.3 is 5.97 Å². The Morgan fingerprint density at radius 1 is 1.44 bits per heavy atom. The van der Waals surface area contributed by atoms with Gasteiger partial charge in [-0.1, -0.05) is 29.5 Å². The third kappa shape index (κ3) is 2.34. The summed E-state index contributed by atoms with van der Waals surface area (Å²) in [5, 5.41) is 1.12. The van der Waals surface area contributed by atoms with E-state index in [1.807, 2.05) is 30.5 Å². The topological polar surface area (TPSA) is 65.2 Å². The molecule has 1 heterocycles. The molecule has 0 aliphatic heterocycles. The van der Waals surface area contributed by atoms with E-state index in [-0.39, 0.29) is 5.69 Å². The first-order chi connectivity index (χ1) is 8.67. The van der Waals surface area contributed by atoms with Crippen LogP contribution in [0.4, 0.5) is 5.00 Å². The predicted octanol–water partition coefficient (Wildman–Crippen LogP) is 2.90. The highest BCUT2D eigenvalue weighted by molar-refractivity contribution is 7.98. The van der Waals surface area contributed by atoms with Crippen LogP contribution in [-0.4, -0.2) is 24.3 Å². The summed E-state index contributed by atoms with van der Waals surface area (Å²) in [6.07, 6.45) is 2.00. The fourth-order valence-electron chi connectivity index (χ4n) is 1.51. The number of methoxy groups -OCH3 is 1. The number of carbonyl (C=O) groups is 1. The number of nitrogen functional groups attached to an aromatic ring is 1. The fraction of sp³-hybridized carbons (Fsp3) is 0.167. The van der Waals surface area contributed by atoms with Gasteiger partial charge < -0.3 is 10.5 Å². The zero-order valence-corrected chi connectivity index (χ0v) is 11.6. The van der Waals surface area contributed by atoms with Crippen molar-refractivity contribution in [2.45, 2.75) is 4.90 Å². The molecular weight excluding hydrogens is 268 g/mol. The Bertz CT molecular complexity index is 581. The number of rotatable bonds is 3. The lowest BCUT2D eigenvalue weighted by molar-refractivity contribution is 0.0596. The van der Waals surface area contributed by atoms with E-state index in [0.29, 0.717) is 5.00 Å². The molecule has 2 aromatic rings. The van der Waals surface area contributed by atoms with Gasteiger partial charge in [0.1, 0.15) is 10.0 Å². The fourth-order valence-corrected chi connectivity index (χ4v) is 3.03. The van der Waals surface area contributed by atoms with Crippen LogP contribution in [0.5, 0.6) is 0 Å². The van der Waals surface area contributed by atoms with Gasteiger partial charge in [-0.2, -0.15) is 0 Å². The van der Waals surface area contributed by atoms with Gasteiger partial charge in [0.25, 0.3) is 0 Å². The summed E-state index contributed by atoms with van der Waals surface area (Å²) < 4.78 is 4.64. The summed E-state index contributed by atoms with van der Waals surface area (Å²) in [5.41, 5.74) is 6.97. The van der Waals surface area contributed by atoms with Crippen LogP contribution >= 0.6 is 23.1 Å². The van der Waals surface area contributed by atoms with Crippen molar-refractivity contribution in [1.82, 2.24) is 4.98 Å². The molecule has 1 aromatic heterocycles. The molecule has 0 fully saturated rings. The van der Waals surface area contributed by atoms with Gasteiger partial charge in [-0.25, -0.2) is 9.78 Å². The van der Waals surface area contributed by atoms with Crippen LogP contribution in [0.25, 0.3) is 10.6 Å². The minimum atomic E-state index is -0.503. The molecule has 0 atom stereocenters. The number of thioether (sulfide) groups is 1. The Balaban J connectivity index is 2.49. The first-order valence-electron chi connectivity index (χ1n) is 5.15. The highest BCUT2D eigenvalue weighted by Gasteiger charge is 2.18. The number of nitrogens with zero attached hydrogens (tertiary/aromatic N) is 1. The van der Waals surface area contributed by atoms with E-state index in [4.69, 9.17) is 5.73 Å². The molecule has 0 saturated heterocycles. The van der Waals surface area contributed by atoms with Gasteiger partial charge in [0.05, 0.1) is 7.11 Å². The van der Waals surface area contributed by atoms with E-state index in [1.165, 1.54) is 18.4 Å². The van der Waals surface area contributed by atoms with Gasteiger partial charge in [0.2, 0.25) is 0 Å². The van der Waals surface area contributed by atoms with E-state index in [0.717, 1.165) is 15.5 Å². The molecule has 4 nitrogen and oxygen atoms in total. The summed E-state index contributed by atoms with van der Waals surface area (Å²) in [4.78, 5) is 16.8. The van der Waals surface area contributed by atoms with Crippen molar-refractivity contribution in [3.63, 3.8) is 0 Å². The highest BCUT2D eigenvalue weighted by Crippen LogP contribution is 2.35. The smallest absolute Gasteiger partial charge is 0.359 e. The third-order valence-electron chi connectivity index (χ3n) is 2.37. The number of hydrogen-bond donors (Lipinski definition) is 1. The van der Waals surface area contributed by atoms with Crippen molar-refractivity contribution in [2.75, 3.05) is 19.1 Å². The Labute approximate surface area is 113 Å². The second-order valence-electron chi connectivity index (χ2n) is 3.42. The van der Waals surface area contributed by atoms with E-state index in [1.54, 1.807) is 11.8 Å². The van der Waals surface area contributed by atoms with E-state index in [9.17, 15) is 4.79 Å². The molecule has 0 bridgehead atoms. The summed E-state index contributed by atoms with van der Waals surface area (Å²) in [6.45, 7) is 0. The number of hydrogen-bond acceptors (Lipinski definition) is 6. The molecule has 0 spiro atoms. The van der Waals surface area contributed by atoms with Crippen LogP contribution in [-0.2, 0) is 4.74 Å². The maximum Gasteiger partial charge on any atom is 0.359 e. The lowest BCUT2D eigenvalue weighted by atomic mass is 10.2. The lowest BCUT2D eigenvalue weighted by Crippen LogP contribution is -2.04. The maximum atomic E-state index is 11.5. The van der Waals surface area contributed by atoms with Gasteiger partial charge in [0.15, 0.2) is 5.69 Å². The van der Waals surface area contributed by atoms with Crippen molar-refractivity contribution in [1.29, 1.82) is 0 Å². The minimum absolute atomic E-state index is 0.188. The molecular formula is C12H12N2O2S2. The van der Waals surface area contributed by atoms with Crippen LogP contribution in [0, 0.1) is 0 Å². The van der Waals surface area contributed by atoms with Crippen LogP contribution in [0.15, 0.2) is 29.2 Å². The van der Waals surface area contributed by atoms with Crippen molar-refractivity contribution >= 4 is 34.1 Å². The van der Waals surface area contributed by atoms with Gasteiger partial charge in [-0.05, 0) is 12.3 Å². The Hall–Kier alpha value is -1.53. The SMILES string of the molecule is COC(=O)c1nc(-c2ccccc2SC)sc1N. The highest BCUT2D eigenvalue weighted by atomic mass is 32.2. The second-order valence-corrected chi connectivity index (χ2v) is 5.30. The van der Waals surface area contributed by atoms with Gasteiger partial charge in [-0.15, -0.1) is 11.8 Å². The second kappa shape index (κ2) is 5.41. The van der Waals surface area contributed by atoms with Crippen molar-refractivity contribution < 1.29 is 9.53 Å². The van der Waals surface area contributed by atoms with Crippen LogP contribution in [0.3, 0.4) is 0 Å². The molecule has 18 heavy (non-hydrogen) atoms. The van der Waals surface area contributed by atoms with Crippen LogP contribution in [0.1, 0.15) is 10.5 Å². The maximum absolute atomic E-state index is 11.5. The van der Waals surface area contributed by atoms with Crippen molar-refractivity contribution in [2.24, 2.45) is 0 Å². The molecule has 0 aliphatic carbocycles.